The summed E-state index contributed by atoms with van der Waals surface area (Å²) in [6.07, 6.45) is 3.61. The van der Waals surface area contributed by atoms with Gasteiger partial charge in [-0.3, -0.25) is 4.79 Å². The number of fused-ring (bicyclic) bond motifs is 1. The molecule has 21 heavy (non-hydrogen) atoms. The minimum Gasteiger partial charge on any atom is -0.481 e. The molecule has 1 unspecified atom stereocenters. The maximum Gasteiger partial charge on any atom is 0.310 e. The van der Waals surface area contributed by atoms with Crippen molar-refractivity contribution >= 4 is 5.97 Å². The zero-order chi connectivity index (χ0) is 14.8. The van der Waals surface area contributed by atoms with Gasteiger partial charge in [-0.25, -0.2) is 0 Å². The second-order valence-electron chi connectivity index (χ2n) is 5.93. The molecular formula is C19H20O2. The molecule has 1 aliphatic carbocycles. The Balaban J connectivity index is 1.95. The van der Waals surface area contributed by atoms with E-state index in [2.05, 4.69) is 37.3 Å². The molecule has 0 aliphatic heterocycles. The smallest absolute Gasteiger partial charge is 0.310 e. The maximum absolute atomic E-state index is 11.4. The third-order valence-corrected chi connectivity index (χ3v) is 4.42. The molecule has 2 heteroatoms. The van der Waals surface area contributed by atoms with Crippen molar-refractivity contribution in [3.05, 3.63) is 70.3 Å². The Hall–Kier alpha value is -2.09. The first-order valence-electron chi connectivity index (χ1n) is 7.54. The minimum atomic E-state index is -0.691. The first kappa shape index (κ1) is 13.9. The Morgan fingerprint density at radius 3 is 2.67 bits per heavy atom. The molecule has 1 atom stereocenters. The number of aryl methyl sites for hydroxylation is 1. The van der Waals surface area contributed by atoms with Gasteiger partial charge in [0.05, 0.1) is 5.92 Å². The van der Waals surface area contributed by atoms with E-state index < -0.39 is 5.97 Å². The molecule has 0 aromatic heterocycles. The number of hydrogen-bond donors (Lipinski definition) is 1. The molecule has 2 aromatic rings. The van der Waals surface area contributed by atoms with Crippen molar-refractivity contribution in [1.82, 2.24) is 0 Å². The number of aliphatic carboxylic acids is 1. The Labute approximate surface area is 125 Å². The molecule has 1 N–H and O–H groups in total. The molecule has 0 fully saturated rings. The average molecular weight is 280 g/mol. The summed E-state index contributed by atoms with van der Waals surface area (Å²) in [5.41, 5.74) is 6.11. The van der Waals surface area contributed by atoms with Crippen LogP contribution >= 0.6 is 0 Å². The fourth-order valence-corrected chi connectivity index (χ4v) is 3.27. The second kappa shape index (κ2) is 5.72. The number of benzene rings is 2. The zero-order valence-corrected chi connectivity index (χ0v) is 12.3. The standard InChI is InChI=1S/C19H20O2/c1-13-8-10-14(11-9-13)12-15-4-2-6-17-16(15)5-3-7-18(17)19(20)21/h2,4,6,8-11,18H,3,5,7,12H2,1H3,(H,20,21). The highest BCUT2D eigenvalue weighted by Crippen LogP contribution is 2.34. The van der Waals surface area contributed by atoms with Gasteiger partial charge in [0.25, 0.3) is 0 Å². The van der Waals surface area contributed by atoms with Crippen LogP contribution in [-0.2, 0) is 17.6 Å². The highest BCUT2D eigenvalue weighted by Gasteiger charge is 2.27. The highest BCUT2D eigenvalue weighted by molar-refractivity contribution is 5.77. The predicted molar refractivity (Wildman–Crippen MR) is 83.7 cm³/mol. The number of carboxylic acids is 1. The fraction of sp³-hybridized carbons (Fsp3) is 0.316. The zero-order valence-electron chi connectivity index (χ0n) is 12.3. The van der Waals surface area contributed by atoms with E-state index in [0.717, 1.165) is 31.2 Å². The summed E-state index contributed by atoms with van der Waals surface area (Å²) in [6, 6.07) is 14.7. The average Bonchev–Trinajstić information content (AvgIpc) is 2.49. The summed E-state index contributed by atoms with van der Waals surface area (Å²) in [6.45, 7) is 2.09. The van der Waals surface area contributed by atoms with Crippen LogP contribution in [0.3, 0.4) is 0 Å². The van der Waals surface area contributed by atoms with E-state index in [1.54, 1.807) is 0 Å². The third-order valence-electron chi connectivity index (χ3n) is 4.42. The van der Waals surface area contributed by atoms with Gasteiger partial charge in [-0.1, -0.05) is 48.0 Å². The molecule has 2 aromatic carbocycles. The van der Waals surface area contributed by atoms with Crippen LogP contribution in [0.25, 0.3) is 0 Å². The maximum atomic E-state index is 11.4. The molecule has 1 aliphatic rings. The molecule has 0 saturated carbocycles. The molecule has 0 amide bonds. The SMILES string of the molecule is Cc1ccc(Cc2cccc3c2CCCC3C(=O)O)cc1. The van der Waals surface area contributed by atoms with Crippen LogP contribution in [0.5, 0.6) is 0 Å². The highest BCUT2D eigenvalue weighted by atomic mass is 16.4. The van der Waals surface area contributed by atoms with Gasteiger partial charge in [0, 0.05) is 0 Å². The third kappa shape index (κ3) is 2.85. The van der Waals surface area contributed by atoms with E-state index in [0.29, 0.717) is 0 Å². The molecule has 3 rings (SSSR count). The summed E-state index contributed by atoms with van der Waals surface area (Å²) in [7, 11) is 0. The van der Waals surface area contributed by atoms with E-state index in [4.69, 9.17) is 0 Å². The Bertz CT molecular complexity index is 656. The van der Waals surface area contributed by atoms with Gasteiger partial charge >= 0.3 is 5.97 Å². The lowest BCUT2D eigenvalue weighted by Crippen LogP contribution is -2.19. The molecule has 0 bridgehead atoms. The first-order chi connectivity index (χ1) is 10.1. The summed E-state index contributed by atoms with van der Waals surface area (Å²) >= 11 is 0. The van der Waals surface area contributed by atoms with E-state index in [9.17, 15) is 9.90 Å². The van der Waals surface area contributed by atoms with Crippen molar-refractivity contribution < 1.29 is 9.90 Å². The normalized spacial score (nSPS) is 17.3. The van der Waals surface area contributed by atoms with Gasteiger partial charge in [-0.2, -0.15) is 0 Å². The number of carboxylic acid groups (broad SMARTS) is 1. The Morgan fingerprint density at radius 2 is 1.95 bits per heavy atom. The lowest BCUT2D eigenvalue weighted by atomic mass is 9.80. The number of hydrogen-bond acceptors (Lipinski definition) is 1. The van der Waals surface area contributed by atoms with Gasteiger partial charge in [-0.15, -0.1) is 0 Å². The van der Waals surface area contributed by atoms with Crippen molar-refractivity contribution in [3.63, 3.8) is 0 Å². The summed E-state index contributed by atoms with van der Waals surface area (Å²) < 4.78 is 0. The van der Waals surface area contributed by atoms with Crippen LogP contribution in [-0.4, -0.2) is 11.1 Å². The van der Waals surface area contributed by atoms with Gasteiger partial charge < -0.3 is 5.11 Å². The Kier molecular flexibility index (Phi) is 3.78. The van der Waals surface area contributed by atoms with E-state index in [1.165, 1.54) is 22.3 Å². The first-order valence-corrected chi connectivity index (χ1v) is 7.54. The minimum absolute atomic E-state index is 0.327. The van der Waals surface area contributed by atoms with Crippen molar-refractivity contribution in [2.24, 2.45) is 0 Å². The molecule has 0 heterocycles. The van der Waals surface area contributed by atoms with Crippen LogP contribution in [0.4, 0.5) is 0 Å². The molecule has 0 radical (unpaired) electrons. The van der Waals surface area contributed by atoms with E-state index in [1.807, 2.05) is 12.1 Å². The van der Waals surface area contributed by atoms with Gasteiger partial charge in [0.1, 0.15) is 0 Å². The molecule has 108 valence electrons. The van der Waals surface area contributed by atoms with Gasteiger partial charge in [0.15, 0.2) is 0 Å². The van der Waals surface area contributed by atoms with Crippen LogP contribution in [0, 0.1) is 6.92 Å². The van der Waals surface area contributed by atoms with Gasteiger partial charge in [0.2, 0.25) is 0 Å². The summed E-state index contributed by atoms with van der Waals surface area (Å²) in [4.78, 5) is 11.4. The van der Waals surface area contributed by atoms with E-state index in [-0.39, 0.29) is 5.92 Å². The monoisotopic (exact) mass is 280 g/mol. The van der Waals surface area contributed by atoms with Gasteiger partial charge in [-0.05, 0) is 54.9 Å². The van der Waals surface area contributed by atoms with Crippen LogP contribution < -0.4 is 0 Å². The Morgan fingerprint density at radius 1 is 1.19 bits per heavy atom. The van der Waals surface area contributed by atoms with Crippen molar-refractivity contribution in [1.29, 1.82) is 0 Å². The second-order valence-corrected chi connectivity index (χ2v) is 5.93. The van der Waals surface area contributed by atoms with Crippen LogP contribution in [0.2, 0.25) is 0 Å². The number of carbonyl (C=O) groups is 1. The van der Waals surface area contributed by atoms with Crippen molar-refractivity contribution in [2.45, 2.75) is 38.5 Å². The van der Waals surface area contributed by atoms with E-state index >= 15 is 0 Å². The predicted octanol–water partition coefficient (Wildman–Crippen LogP) is 4.09. The lowest BCUT2D eigenvalue weighted by Gasteiger charge is -2.24. The van der Waals surface area contributed by atoms with Crippen molar-refractivity contribution in [2.75, 3.05) is 0 Å². The van der Waals surface area contributed by atoms with Crippen molar-refractivity contribution in [3.8, 4) is 0 Å². The molecular weight excluding hydrogens is 260 g/mol. The summed E-state index contributed by atoms with van der Waals surface area (Å²) in [5, 5.41) is 9.40. The summed E-state index contributed by atoms with van der Waals surface area (Å²) in [5.74, 6) is -1.02. The molecule has 2 nitrogen and oxygen atoms in total. The molecule has 0 saturated heterocycles. The van der Waals surface area contributed by atoms with Crippen LogP contribution in [0.1, 0.15) is 46.6 Å². The molecule has 0 spiro atoms. The quantitative estimate of drug-likeness (QED) is 0.919. The topological polar surface area (TPSA) is 37.3 Å². The van der Waals surface area contributed by atoms with Crippen LogP contribution in [0.15, 0.2) is 42.5 Å². The fourth-order valence-electron chi connectivity index (χ4n) is 3.27. The largest absolute Gasteiger partial charge is 0.481 e. The number of rotatable bonds is 3. The lowest BCUT2D eigenvalue weighted by molar-refractivity contribution is -0.139.